The van der Waals surface area contributed by atoms with E-state index in [9.17, 15) is 13.2 Å². The van der Waals surface area contributed by atoms with Crippen molar-refractivity contribution in [2.45, 2.75) is 24.5 Å². The molecule has 1 unspecified atom stereocenters. The fraction of sp³-hybridized carbons (Fsp3) is 0.562. The van der Waals surface area contributed by atoms with Gasteiger partial charge in [0, 0.05) is 18.7 Å². The SMILES string of the molecule is CNS(=O)(=O)C1CCN(C(=O)c2ccc(OCC3CC3)cc2)C1. The van der Waals surface area contributed by atoms with Gasteiger partial charge in [-0.2, -0.15) is 0 Å². The van der Waals surface area contributed by atoms with E-state index in [0.29, 0.717) is 24.4 Å². The van der Waals surface area contributed by atoms with Crippen molar-refractivity contribution in [2.75, 3.05) is 26.7 Å². The van der Waals surface area contributed by atoms with Gasteiger partial charge in [0.05, 0.1) is 11.9 Å². The highest BCUT2D eigenvalue weighted by Gasteiger charge is 2.34. The standard InChI is InChI=1S/C16H22N2O4S/c1-17-23(20,21)15-8-9-18(10-15)16(19)13-4-6-14(7-5-13)22-11-12-2-3-12/h4-7,12,15,17H,2-3,8-11H2,1H3. The molecular formula is C16H22N2O4S. The third-order valence-electron chi connectivity index (χ3n) is 4.44. The lowest BCUT2D eigenvalue weighted by atomic mass is 10.2. The van der Waals surface area contributed by atoms with Gasteiger partial charge < -0.3 is 9.64 Å². The number of nitrogens with zero attached hydrogens (tertiary/aromatic N) is 1. The zero-order valence-corrected chi connectivity index (χ0v) is 14.0. The zero-order valence-electron chi connectivity index (χ0n) is 13.2. The number of sulfonamides is 1. The molecule has 1 saturated heterocycles. The molecule has 1 aliphatic carbocycles. The van der Waals surface area contributed by atoms with E-state index in [1.54, 1.807) is 29.2 Å². The van der Waals surface area contributed by atoms with Crippen molar-refractivity contribution in [3.8, 4) is 5.75 Å². The van der Waals surface area contributed by atoms with E-state index in [1.165, 1.54) is 19.9 Å². The van der Waals surface area contributed by atoms with Crippen LogP contribution < -0.4 is 9.46 Å². The summed E-state index contributed by atoms with van der Waals surface area (Å²) in [6.45, 7) is 1.44. The number of amides is 1. The maximum Gasteiger partial charge on any atom is 0.253 e. The van der Waals surface area contributed by atoms with Crippen LogP contribution in [0.5, 0.6) is 5.75 Å². The topological polar surface area (TPSA) is 75.7 Å². The molecule has 7 heteroatoms. The Morgan fingerprint density at radius 1 is 1.26 bits per heavy atom. The first-order valence-corrected chi connectivity index (χ1v) is 9.49. The lowest BCUT2D eigenvalue weighted by molar-refractivity contribution is 0.0793. The van der Waals surface area contributed by atoms with E-state index >= 15 is 0 Å². The average molecular weight is 338 g/mol. The quantitative estimate of drug-likeness (QED) is 0.847. The molecule has 126 valence electrons. The maximum atomic E-state index is 12.5. The number of benzene rings is 1. The first kappa shape index (κ1) is 16.3. The van der Waals surface area contributed by atoms with Crippen LogP contribution in [0.25, 0.3) is 0 Å². The Kier molecular flexibility index (Phi) is 4.59. The molecule has 1 aliphatic heterocycles. The number of nitrogens with one attached hydrogen (secondary N) is 1. The number of carbonyl (C=O) groups excluding carboxylic acids is 1. The Labute approximate surface area is 136 Å². The summed E-state index contributed by atoms with van der Waals surface area (Å²) in [5, 5.41) is -0.530. The van der Waals surface area contributed by atoms with Crippen molar-refractivity contribution in [1.29, 1.82) is 0 Å². The fourth-order valence-corrected chi connectivity index (χ4v) is 3.83. The molecule has 0 aromatic heterocycles. The highest BCUT2D eigenvalue weighted by atomic mass is 32.2. The van der Waals surface area contributed by atoms with Gasteiger partial charge >= 0.3 is 0 Å². The predicted octanol–water partition coefficient (Wildman–Crippen LogP) is 1.24. The molecule has 23 heavy (non-hydrogen) atoms. The van der Waals surface area contributed by atoms with E-state index in [-0.39, 0.29) is 12.5 Å². The van der Waals surface area contributed by atoms with Crippen molar-refractivity contribution in [2.24, 2.45) is 5.92 Å². The lowest BCUT2D eigenvalue weighted by Gasteiger charge is -2.17. The molecule has 3 rings (SSSR count). The van der Waals surface area contributed by atoms with E-state index in [2.05, 4.69) is 4.72 Å². The molecule has 0 spiro atoms. The fourth-order valence-electron chi connectivity index (χ4n) is 2.71. The zero-order chi connectivity index (χ0) is 16.4. The molecule has 0 radical (unpaired) electrons. The average Bonchev–Trinajstić information content (AvgIpc) is 3.26. The highest BCUT2D eigenvalue weighted by Crippen LogP contribution is 2.29. The van der Waals surface area contributed by atoms with Gasteiger partial charge in [0.25, 0.3) is 5.91 Å². The van der Waals surface area contributed by atoms with Gasteiger partial charge in [0.1, 0.15) is 5.75 Å². The molecular weight excluding hydrogens is 316 g/mol. The van der Waals surface area contributed by atoms with Crippen LogP contribution in [0.2, 0.25) is 0 Å². The Bertz CT molecular complexity index is 668. The molecule has 6 nitrogen and oxygen atoms in total. The van der Waals surface area contributed by atoms with E-state index in [1.807, 2.05) is 0 Å². The van der Waals surface area contributed by atoms with Gasteiger partial charge in [-0.1, -0.05) is 0 Å². The minimum Gasteiger partial charge on any atom is -0.493 e. The molecule has 1 atom stereocenters. The Hall–Kier alpha value is -1.60. The number of ether oxygens (including phenoxy) is 1. The largest absolute Gasteiger partial charge is 0.493 e. The molecule has 2 fully saturated rings. The highest BCUT2D eigenvalue weighted by molar-refractivity contribution is 7.90. The number of hydrogen-bond donors (Lipinski definition) is 1. The van der Waals surface area contributed by atoms with Gasteiger partial charge in [-0.25, -0.2) is 13.1 Å². The van der Waals surface area contributed by atoms with Gasteiger partial charge in [-0.15, -0.1) is 0 Å². The monoisotopic (exact) mass is 338 g/mol. The summed E-state index contributed by atoms with van der Waals surface area (Å²) in [4.78, 5) is 14.1. The van der Waals surface area contributed by atoms with Crippen molar-refractivity contribution in [1.82, 2.24) is 9.62 Å². The molecule has 1 amide bonds. The van der Waals surface area contributed by atoms with Crippen LogP contribution in [0.1, 0.15) is 29.6 Å². The number of hydrogen-bond acceptors (Lipinski definition) is 4. The lowest BCUT2D eigenvalue weighted by Crippen LogP contribution is -2.36. The van der Waals surface area contributed by atoms with Gasteiger partial charge in [0.15, 0.2) is 0 Å². The minimum atomic E-state index is -3.33. The molecule has 1 N–H and O–H groups in total. The second kappa shape index (κ2) is 6.49. The Morgan fingerprint density at radius 2 is 1.96 bits per heavy atom. The second-order valence-electron chi connectivity index (χ2n) is 6.19. The first-order valence-electron chi connectivity index (χ1n) is 7.94. The van der Waals surface area contributed by atoms with Crippen molar-refractivity contribution in [3.05, 3.63) is 29.8 Å². The molecule has 1 saturated carbocycles. The van der Waals surface area contributed by atoms with Gasteiger partial charge in [-0.3, -0.25) is 4.79 Å². The summed E-state index contributed by atoms with van der Waals surface area (Å²) in [7, 11) is -1.92. The molecule has 1 aromatic rings. The summed E-state index contributed by atoms with van der Waals surface area (Å²) in [6, 6.07) is 7.08. The number of carbonyl (C=O) groups is 1. The third-order valence-corrected chi connectivity index (χ3v) is 6.27. The van der Waals surface area contributed by atoms with Crippen LogP contribution in [0.3, 0.4) is 0 Å². The summed E-state index contributed by atoms with van der Waals surface area (Å²) in [5.74, 6) is 1.32. The van der Waals surface area contributed by atoms with Crippen molar-refractivity contribution < 1.29 is 17.9 Å². The van der Waals surface area contributed by atoms with Crippen LogP contribution >= 0.6 is 0 Å². The van der Waals surface area contributed by atoms with Crippen LogP contribution in [0.15, 0.2) is 24.3 Å². The van der Waals surface area contributed by atoms with Crippen molar-refractivity contribution >= 4 is 15.9 Å². The van der Waals surface area contributed by atoms with E-state index in [0.717, 1.165) is 12.4 Å². The predicted molar refractivity (Wildman–Crippen MR) is 86.9 cm³/mol. The smallest absolute Gasteiger partial charge is 0.253 e. The second-order valence-corrected chi connectivity index (χ2v) is 8.35. The number of likely N-dealkylation sites (tertiary alicyclic amines) is 1. The maximum absolute atomic E-state index is 12.5. The van der Waals surface area contributed by atoms with E-state index in [4.69, 9.17) is 4.74 Å². The van der Waals surface area contributed by atoms with Crippen LogP contribution in [0, 0.1) is 5.92 Å². The summed E-state index contributed by atoms with van der Waals surface area (Å²) in [5.41, 5.74) is 0.561. The molecule has 1 aromatic carbocycles. The first-order chi connectivity index (χ1) is 11.0. The van der Waals surface area contributed by atoms with Crippen molar-refractivity contribution in [3.63, 3.8) is 0 Å². The summed E-state index contributed by atoms with van der Waals surface area (Å²) < 4.78 is 31.6. The van der Waals surface area contributed by atoms with Gasteiger partial charge in [0.2, 0.25) is 10.0 Å². The summed E-state index contributed by atoms with van der Waals surface area (Å²) in [6.07, 6.45) is 2.95. The number of rotatable bonds is 6. The van der Waals surface area contributed by atoms with Crippen LogP contribution in [-0.4, -0.2) is 51.2 Å². The minimum absolute atomic E-state index is 0.132. The van der Waals surface area contributed by atoms with Gasteiger partial charge in [-0.05, 0) is 56.5 Å². The Morgan fingerprint density at radius 3 is 2.57 bits per heavy atom. The summed E-state index contributed by atoms with van der Waals surface area (Å²) >= 11 is 0. The van der Waals surface area contributed by atoms with Crippen LogP contribution in [-0.2, 0) is 10.0 Å². The van der Waals surface area contributed by atoms with E-state index < -0.39 is 15.3 Å². The molecule has 1 heterocycles. The Balaban J connectivity index is 1.59. The molecule has 0 bridgehead atoms. The van der Waals surface area contributed by atoms with Crippen LogP contribution in [0.4, 0.5) is 0 Å². The molecule has 2 aliphatic rings. The third kappa shape index (κ3) is 3.84. The normalized spacial score (nSPS) is 21.4.